The van der Waals surface area contributed by atoms with Gasteiger partial charge in [-0.3, -0.25) is 9.89 Å². The van der Waals surface area contributed by atoms with Crippen LogP contribution in [0.25, 0.3) is 27.6 Å². The van der Waals surface area contributed by atoms with E-state index >= 15 is 0 Å². The first-order valence-electron chi connectivity index (χ1n) is 9.24. The number of carbonyl (C=O) groups excluding carboxylic acids is 1. The fourth-order valence-electron chi connectivity index (χ4n) is 3.12. The molecule has 0 atom stereocenters. The number of rotatable bonds is 4. The lowest BCUT2D eigenvalue weighted by molar-refractivity contribution is -0.137. The van der Waals surface area contributed by atoms with Crippen LogP contribution in [0.1, 0.15) is 25.3 Å². The van der Waals surface area contributed by atoms with Crippen molar-refractivity contribution in [3.8, 4) is 5.69 Å². The minimum Gasteiger partial charge on any atom is -0.336 e. The van der Waals surface area contributed by atoms with Crippen molar-refractivity contribution >= 4 is 28.0 Å². The third kappa shape index (κ3) is 3.31. The number of aromatic nitrogens is 5. The smallest absolute Gasteiger partial charge is 0.336 e. The monoisotopic (exact) mass is 418 g/mol. The minimum atomic E-state index is -4.47. The highest BCUT2D eigenvalue weighted by atomic mass is 19.4. The zero-order valence-electron chi connectivity index (χ0n) is 15.8. The molecule has 1 aromatic carbocycles. The molecule has 11 heteroatoms. The molecule has 0 aliphatic carbocycles. The van der Waals surface area contributed by atoms with Gasteiger partial charge in [-0.15, -0.1) is 0 Å². The van der Waals surface area contributed by atoms with E-state index in [0.29, 0.717) is 17.4 Å². The number of fused-ring (bicyclic) bond motifs is 3. The fraction of sp³-hybridized carbons (Fsp3) is 0.263. The summed E-state index contributed by atoms with van der Waals surface area (Å²) in [5, 5.41) is 10.4. The van der Waals surface area contributed by atoms with Crippen LogP contribution in [0.15, 0.2) is 41.5 Å². The highest BCUT2D eigenvalue weighted by molar-refractivity contribution is 6.03. The van der Waals surface area contributed by atoms with Gasteiger partial charge in [0.2, 0.25) is 0 Å². The number of aromatic amines is 1. The second kappa shape index (κ2) is 7.32. The van der Waals surface area contributed by atoms with E-state index < -0.39 is 23.3 Å². The third-order valence-corrected chi connectivity index (χ3v) is 4.71. The zero-order chi connectivity index (χ0) is 21.5. The number of amides is 1. The van der Waals surface area contributed by atoms with E-state index in [9.17, 15) is 22.8 Å². The van der Waals surface area contributed by atoms with E-state index in [1.54, 1.807) is 0 Å². The van der Waals surface area contributed by atoms with Crippen LogP contribution in [0.2, 0.25) is 0 Å². The van der Waals surface area contributed by atoms with Crippen LogP contribution < -0.4 is 10.9 Å². The number of nitrogens with one attached hydrogen (secondary N) is 2. The molecule has 1 amide bonds. The van der Waals surface area contributed by atoms with Crippen LogP contribution in [-0.4, -0.2) is 37.1 Å². The Hall–Kier alpha value is -3.63. The van der Waals surface area contributed by atoms with Crippen molar-refractivity contribution in [3.63, 3.8) is 0 Å². The van der Waals surface area contributed by atoms with Crippen LogP contribution in [-0.2, 0) is 6.18 Å². The average Bonchev–Trinajstić information content (AvgIpc) is 3.29. The molecule has 4 aromatic rings. The topological polar surface area (TPSA) is 97.6 Å². The quantitative estimate of drug-likeness (QED) is 0.496. The summed E-state index contributed by atoms with van der Waals surface area (Å²) in [4.78, 5) is 29.2. The molecule has 8 nitrogen and oxygen atoms in total. The molecule has 3 aromatic heterocycles. The zero-order valence-corrected chi connectivity index (χ0v) is 15.8. The van der Waals surface area contributed by atoms with Crippen molar-refractivity contribution in [3.05, 3.63) is 52.6 Å². The maximum absolute atomic E-state index is 12.8. The summed E-state index contributed by atoms with van der Waals surface area (Å²) in [7, 11) is 0. The van der Waals surface area contributed by atoms with Gasteiger partial charge in [-0.1, -0.05) is 13.3 Å². The Morgan fingerprint density at radius 2 is 1.90 bits per heavy atom. The Bertz CT molecular complexity index is 1280. The number of nitrogens with zero attached hydrogens (tertiary/aromatic N) is 4. The summed E-state index contributed by atoms with van der Waals surface area (Å²) in [6.07, 6.45) is 0.0155. The lowest BCUT2D eigenvalue weighted by Gasteiger charge is -2.07. The molecule has 0 bridgehead atoms. The van der Waals surface area contributed by atoms with Gasteiger partial charge in [-0.2, -0.15) is 23.0 Å². The minimum absolute atomic E-state index is 0.230. The standard InChI is InChI=1S/C19H17F3N6O2/c1-2-3-8-23-18(30)28-16-13(10-25-28)15-14(9-24-16)17(29)27(26-15)12-6-4-11(5-7-12)19(20,21)22/h4-7,9-10,26H,2-3,8H2,1H3,(H,23,30). The van der Waals surface area contributed by atoms with Gasteiger partial charge < -0.3 is 5.32 Å². The second-order valence-corrected chi connectivity index (χ2v) is 6.72. The Morgan fingerprint density at radius 3 is 2.57 bits per heavy atom. The highest BCUT2D eigenvalue weighted by Crippen LogP contribution is 2.29. The maximum atomic E-state index is 12.8. The number of pyridine rings is 1. The summed E-state index contributed by atoms with van der Waals surface area (Å²) < 4.78 is 40.6. The number of benzene rings is 1. The lowest BCUT2D eigenvalue weighted by atomic mass is 10.2. The first kappa shape index (κ1) is 19.7. The Kier molecular flexibility index (Phi) is 4.80. The normalized spacial score (nSPS) is 12.0. The number of carbonyl (C=O) groups is 1. The van der Waals surface area contributed by atoms with Crippen molar-refractivity contribution in [1.29, 1.82) is 0 Å². The van der Waals surface area contributed by atoms with Gasteiger partial charge in [0.05, 0.1) is 33.7 Å². The van der Waals surface area contributed by atoms with Gasteiger partial charge in [0.1, 0.15) is 0 Å². The molecule has 0 radical (unpaired) electrons. The van der Waals surface area contributed by atoms with E-state index in [1.165, 1.54) is 24.5 Å². The Labute approximate surface area is 167 Å². The molecule has 0 unspecified atom stereocenters. The van der Waals surface area contributed by atoms with Crippen molar-refractivity contribution in [2.75, 3.05) is 6.54 Å². The molecule has 156 valence electrons. The van der Waals surface area contributed by atoms with Crippen molar-refractivity contribution in [2.45, 2.75) is 25.9 Å². The molecule has 0 saturated heterocycles. The first-order valence-corrected chi connectivity index (χ1v) is 9.24. The number of H-pyrrole nitrogens is 1. The molecule has 0 fully saturated rings. The predicted molar refractivity (Wildman–Crippen MR) is 104 cm³/mol. The fourth-order valence-corrected chi connectivity index (χ4v) is 3.12. The van der Waals surface area contributed by atoms with Gasteiger partial charge in [0, 0.05) is 12.7 Å². The molecule has 30 heavy (non-hydrogen) atoms. The summed E-state index contributed by atoms with van der Waals surface area (Å²) >= 11 is 0. The molecule has 0 spiro atoms. The largest absolute Gasteiger partial charge is 0.416 e. The van der Waals surface area contributed by atoms with Gasteiger partial charge in [-0.25, -0.2) is 14.5 Å². The van der Waals surface area contributed by atoms with E-state index in [-0.39, 0.29) is 16.7 Å². The van der Waals surface area contributed by atoms with Crippen molar-refractivity contribution in [1.82, 2.24) is 29.9 Å². The first-order chi connectivity index (χ1) is 14.3. The predicted octanol–water partition coefficient (Wildman–Crippen LogP) is 3.44. The maximum Gasteiger partial charge on any atom is 0.416 e. The summed E-state index contributed by atoms with van der Waals surface area (Å²) in [6.45, 7) is 2.51. The molecule has 3 heterocycles. The summed E-state index contributed by atoms with van der Waals surface area (Å²) in [5.41, 5.74) is -0.397. The van der Waals surface area contributed by atoms with Crippen molar-refractivity contribution < 1.29 is 18.0 Å². The lowest BCUT2D eigenvalue weighted by Crippen LogP contribution is -2.30. The SMILES string of the molecule is CCCCNC(=O)n1ncc2c3[nH]n(-c4ccc(C(F)(F)F)cc4)c(=O)c3cnc21. The third-order valence-electron chi connectivity index (χ3n) is 4.71. The number of alkyl halides is 3. The van der Waals surface area contributed by atoms with E-state index in [4.69, 9.17) is 0 Å². The summed E-state index contributed by atoms with van der Waals surface area (Å²) in [6, 6.07) is 3.78. The number of hydrogen-bond donors (Lipinski definition) is 2. The second-order valence-electron chi connectivity index (χ2n) is 6.72. The van der Waals surface area contributed by atoms with Crippen LogP contribution in [0.4, 0.5) is 18.0 Å². The van der Waals surface area contributed by atoms with E-state index in [0.717, 1.165) is 34.3 Å². The Balaban J connectivity index is 1.76. The van der Waals surface area contributed by atoms with E-state index in [1.807, 2.05) is 6.92 Å². The number of halogens is 3. The van der Waals surface area contributed by atoms with Crippen LogP contribution in [0, 0.1) is 0 Å². The summed E-state index contributed by atoms with van der Waals surface area (Å²) in [5.74, 6) is 0. The number of hydrogen-bond acceptors (Lipinski definition) is 4. The average molecular weight is 418 g/mol. The molecule has 0 saturated carbocycles. The molecule has 0 aliphatic rings. The van der Waals surface area contributed by atoms with Gasteiger partial charge in [0.15, 0.2) is 5.65 Å². The molecule has 4 rings (SSSR count). The Morgan fingerprint density at radius 1 is 1.17 bits per heavy atom. The molecular weight excluding hydrogens is 401 g/mol. The van der Waals surface area contributed by atoms with Gasteiger partial charge in [0.25, 0.3) is 5.56 Å². The molecule has 0 aliphatic heterocycles. The van der Waals surface area contributed by atoms with Gasteiger partial charge in [-0.05, 0) is 30.7 Å². The number of unbranched alkanes of at least 4 members (excludes halogenated alkanes) is 1. The molecule has 2 N–H and O–H groups in total. The van der Waals surface area contributed by atoms with Crippen LogP contribution in [0.5, 0.6) is 0 Å². The van der Waals surface area contributed by atoms with Crippen LogP contribution >= 0.6 is 0 Å². The van der Waals surface area contributed by atoms with E-state index in [2.05, 4.69) is 20.5 Å². The van der Waals surface area contributed by atoms with Crippen molar-refractivity contribution in [2.24, 2.45) is 0 Å². The van der Waals surface area contributed by atoms with Crippen LogP contribution in [0.3, 0.4) is 0 Å². The highest BCUT2D eigenvalue weighted by Gasteiger charge is 2.30. The molecular formula is C19H17F3N6O2. The van der Waals surface area contributed by atoms with Gasteiger partial charge >= 0.3 is 12.2 Å².